The minimum absolute atomic E-state index is 0.122. The van der Waals surface area contributed by atoms with Crippen LogP contribution in [0.1, 0.15) is 24.9 Å². The summed E-state index contributed by atoms with van der Waals surface area (Å²) in [5, 5.41) is 8.48. The van der Waals surface area contributed by atoms with Gasteiger partial charge in [-0.05, 0) is 53.3 Å². The minimum Gasteiger partial charge on any atom is -0.300 e. The van der Waals surface area contributed by atoms with Crippen LogP contribution in [0, 0.1) is 3.57 Å². The number of hydrogen-bond donors (Lipinski definition) is 0. The molecule has 3 aromatic rings. The maximum Gasteiger partial charge on any atom is 0.132 e. The molecule has 106 valence electrons. The van der Waals surface area contributed by atoms with E-state index in [1.165, 1.54) is 0 Å². The van der Waals surface area contributed by atoms with Gasteiger partial charge in [-0.15, -0.1) is 5.10 Å². The zero-order valence-corrected chi connectivity index (χ0v) is 13.7. The van der Waals surface area contributed by atoms with Gasteiger partial charge in [-0.1, -0.05) is 35.5 Å². The van der Waals surface area contributed by atoms with Gasteiger partial charge in [-0.2, -0.15) is 0 Å². The van der Waals surface area contributed by atoms with Crippen LogP contribution < -0.4 is 0 Å². The Hall–Kier alpha value is -1.76. The number of para-hydroxylation sites is 1. The van der Waals surface area contributed by atoms with Crippen molar-refractivity contribution in [1.82, 2.24) is 15.0 Å². The molecule has 0 N–H and O–H groups in total. The molecular weight excluding hydrogens is 377 g/mol. The van der Waals surface area contributed by atoms with Crippen LogP contribution in [0.15, 0.2) is 48.5 Å². The van der Waals surface area contributed by atoms with Crippen LogP contribution in [0.5, 0.6) is 0 Å². The van der Waals surface area contributed by atoms with Crippen LogP contribution in [0.2, 0.25) is 0 Å². The van der Waals surface area contributed by atoms with Crippen molar-refractivity contribution in [2.75, 3.05) is 0 Å². The van der Waals surface area contributed by atoms with E-state index in [2.05, 4.69) is 32.9 Å². The van der Waals surface area contributed by atoms with Gasteiger partial charge < -0.3 is 0 Å². The molecule has 1 aromatic heterocycles. The van der Waals surface area contributed by atoms with E-state index in [9.17, 15) is 4.79 Å². The molecule has 1 atom stereocenters. The molecular formula is C16H14IN3O. The van der Waals surface area contributed by atoms with Crippen molar-refractivity contribution in [3.8, 4) is 0 Å². The van der Waals surface area contributed by atoms with Gasteiger partial charge in [0.2, 0.25) is 0 Å². The molecule has 0 fully saturated rings. The molecule has 5 heteroatoms. The highest BCUT2D eigenvalue weighted by molar-refractivity contribution is 14.1. The third-order valence-electron chi connectivity index (χ3n) is 3.42. The summed E-state index contributed by atoms with van der Waals surface area (Å²) in [5.74, 6) is 0.138. The number of halogens is 1. The summed E-state index contributed by atoms with van der Waals surface area (Å²) in [7, 11) is 0. The van der Waals surface area contributed by atoms with Crippen molar-refractivity contribution in [3.63, 3.8) is 0 Å². The number of nitrogens with zero attached hydrogens (tertiary/aromatic N) is 3. The number of hydrogen-bond acceptors (Lipinski definition) is 3. The SMILES string of the molecule is CC(=O)C[C@@H](c1ccccc1I)n1nnc2ccccc21. The standard InChI is InChI=1S/C16H14IN3O/c1-11(21)10-16(12-6-2-3-7-13(12)17)20-15-9-5-4-8-14(15)18-19-20/h2-9,16H,10H2,1H3/t16-/m0/s1. The van der Waals surface area contributed by atoms with Crippen LogP contribution in [-0.2, 0) is 4.79 Å². The second-order valence-electron chi connectivity index (χ2n) is 4.97. The minimum atomic E-state index is -0.122. The summed E-state index contributed by atoms with van der Waals surface area (Å²) in [4.78, 5) is 11.7. The Kier molecular flexibility index (Phi) is 4.01. The van der Waals surface area contributed by atoms with E-state index in [1.807, 2.05) is 53.2 Å². The average molecular weight is 391 g/mol. The molecule has 0 aliphatic carbocycles. The maximum atomic E-state index is 11.7. The average Bonchev–Trinajstić information content (AvgIpc) is 2.89. The molecule has 0 saturated carbocycles. The van der Waals surface area contributed by atoms with E-state index in [0.717, 1.165) is 20.2 Å². The smallest absolute Gasteiger partial charge is 0.132 e. The lowest BCUT2D eigenvalue weighted by Gasteiger charge is -2.18. The molecule has 0 amide bonds. The molecule has 2 aromatic carbocycles. The lowest BCUT2D eigenvalue weighted by molar-refractivity contribution is -0.117. The van der Waals surface area contributed by atoms with Gasteiger partial charge in [0.1, 0.15) is 11.3 Å². The van der Waals surface area contributed by atoms with E-state index in [-0.39, 0.29) is 11.8 Å². The number of fused-ring (bicyclic) bond motifs is 1. The molecule has 3 rings (SSSR count). The number of benzene rings is 2. The summed E-state index contributed by atoms with van der Waals surface area (Å²) < 4.78 is 2.98. The topological polar surface area (TPSA) is 47.8 Å². The van der Waals surface area contributed by atoms with Crippen LogP contribution in [0.4, 0.5) is 0 Å². The number of aromatic nitrogens is 3. The Morgan fingerprint density at radius 1 is 1.19 bits per heavy atom. The highest BCUT2D eigenvalue weighted by Gasteiger charge is 2.21. The highest BCUT2D eigenvalue weighted by Crippen LogP contribution is 2.28. The Morgan fingerprint density at radius 3 is 2.67 bits per heavy atom. The predicted molar refractivity (Wildman–Crippen MR) is 90.1 cm³/mol. The second kappa shape index (κ2) is 5.93. The molecule has 0 unspecified atom stereocenters. The summed E-state index contributed by atoms with van der Waals surface area (Å²) in [6.07, 6.45) is 0.410. The fourth-order valence-corrected chi connectivity index (χ4v) is 3.21. The largest absolute Gasteiger partial charge is 0.300 e. The summed E-state index contributed by atoms with van der Waals surface area (Å²) >= 11 is 2.30. The van der Waals surface area contributed by atoms with Gasteiger partial charge in [0, 0.05) is 9.99 Å². The zero-order valence-electron chi connectivity index (χ0n) is 11.5. The molecule has 4 nitrogen and oxygen atoms in total. The number of ketones is 1. The molecule has 21 heavy (non-hydrogen) atoms. The number of rotatable bonds is 4. The summed E-state index contributed by atoms with van der Waals surface area (Å²) in [6.45, 7) is 1.61. The molecule has 0 spiro atoms. The van der Waals surface area contributed by atoms with E-state index in [4.69, 9.17) is 0 Å². The molecule has 0 aliphatic rings. The Morgan fingerprint density at radius 2 is 1.90 bits per heavy atom. The fraction of sp³-hybridized carbons (Fsp3) is 0.188. The van der Waals surface area contributed by atoms with Gasteiger partial charge in [0.15, 0.2) is 0 Å². The van der Waals surface area contributed by atoms with E-state index in [1.54, 1.807) is 6.92 Å². The van der Waals surface area contributed by atoms with Crippen molar-refractivity contribution in [2.45, 2.75) is 19.4 Å². The van der Waals surface area contributed by atoms with E-state index < -0.39 is 0 Å². The van der Waals surface area contributed by atoms with Crippen LogP contribution in [-0.4, -0.2) is 20.8 Å². The van der Waals surface area contributed by atoms with Crippen LogP contribution in [0.25, 0.3) is 11.0 Å². The first-order chi connectivity index (χ1) is 10.2. The lowest BCUT2D eigenvalue weighted by atomic mass is 10.0. The first kappa shape index (κ1) is 14.2. The third kappa shape index (κ3) is 2.83. The van der Waals surface area contributed by atoms with Crippen molar-refractivity contribution in [3.05, 3.63) is 57.7 Å². The lowest BCUT2D eigenvalue weighted by Crippen LogP contribution is -2.16. The Bertz CT molecular complexity index is 797. The Labute approximate surface area is 136 Å². The third-order valence-corrected chi connectivity index (χ3v) is 4.40. The molecule has 1 heterocycles. The van der Waals surface area contributed by atoms with Gasteiger partial charge in [-0.3, -0.25) is 4.79 Å². The quantitative estimate of drug-likeness (QED) is 0.639. The van der Waals surface area contributed by atoms with Gasteiger partial charge in [0.05, 0.1) is 11.6 Å². The molecule has 0 aliphatic heterocycles. The van der Waals surface area contributed by atoms with E-state index in [0.29, 0.717) is 6.42 Å². The van der Waals surface area contributed by atoms with E-state index >= 15 is 0 Å². The van der Waals surface area contributed by atoms with Gasteiger partial charge >= 0.3 is 0 Å². The maximum absolute atomic E-state index is 11.7. The van der Waals surface area contributed by atoms with Gasteiger partial charge in [-0.25, -0.2) is 4.68 Å². The van der Waals surface area contributed by atoms with Crippen LogP contribution >= 0.6 is 22.6 Å². The number of Topliss-reactive ketones (excluding diaryl/α,β-unsaturated/α-hetero) is 1. The summed E-state index contributed by atoms with van der Waals surface area (Å²) in [5.41, 5.74) is 2.89. The highest BCUT2D eigenvalue weighted by atomic mass is 127. The number of carbonyl (C=O) groups is 1. The molecule has 0 saturated heterocycles. The van der Waals surface area contributed by atoms with Gasteiger partial charge in [0.25, 0.3) is 0 Å². The molecule has 0 bridgehead atoms. The van der Waals surface area contributed by atoms with Crippen molar-refractivity contribution in [2.24, 2.45) is 0 Å². The first-order valence-electron chi connectivity index (χ1n) is 6.70. The van der Waals surface area contributed by atoms with Crippen LogP contribution in [0.3, 0.4) is 0 Å². The summed E-state index contributed by atoms with van der Waals surface area (Å²) in [6, 6.07) is 15.8. The van der Waals surface area contributed by atoms with Crippen molar-refractivity contribution < 1.29 is 4.79 Å². The normalized spacial score (nSPS) is 12.5. The van der Waals surface area contributed by atoms with Crippen molar-refractivity contribution >= 4 is 39.4 Å². The first-order valence-corrected chi connectivity index (χ1v) is 7.78. The second-order valence-corrected chi connectivity index (χ2v) is 6.13. The Balaban J connectivity index is 2.16. The number of carbonyl (C=O) groups excluding carboxylic acids is 1. The monoisotopic (exact) mass is 391 g/mol. The zero-order chi connectivity index (χ0) is 14.8. The predicted octanol–water partition coefficient (Wildman–Crippen LogP) is 3.60. The van der Waals surface area contributed by atoms with Crippen molar-refractivity contribution in [1.29, 1.82) is 0 Å². The fourth-order valence-electron chi connectivity index (χ4n) is 2.46. The molecule has 0 radical (unpaired) electrons.